The summed E-state index contributed by atoms with van der Waals surface area (Å²) in [6, 6.07) is 7.13. The predicted molar refractivity (Wildman–Crippen MR) is 91.7 cm³/mol. The van der Waals surface area contributed by atoms with Gasteiger partial charge in [0.2, 0.25) is 0 Å². The van der Waals surface area contributed by atoms with Crippen molar-refractivity contribution in [2.24, 2.45) is 0 Å². The Hall–Kier alpha value is 0.501. The van der Waals surface area contributed by atoms with Gasteiger partial charge in [0.15, 0.2) is 6.32 Å². The Bertz CT molecular complexity index is 532. The molecule has 1 fully saturated rings. The van der Waals surface area contributed by atoms with Crippen molar-refractivity contribution in [3.05, 3.63) is 24.3 Å². The van der Waals surface area contributed by atoms with Gasteiger partial charge in [-0.25, -0.2) is 8.78 Å². The third-order valence-corrected chi connectivity index (χ3v) is 5.21. The van der Waals surface area contributed by atoms with Crippen molar-refractivity contribution in [1.82, 2.24) is 0 Å². The Kier molecular flexibility index (Phi) is 7.54. The molecule has 0 N–H and O–H groups in total. The van der Waals surface area contributed by atoms with Gasteiger partial charge < -0.3 is 14.2 Å². The predicted octanol–water partition coefficient (Wildman–Crippen LogP) is 0.594. The summed E-state index contributed by atoms with van der Waals surface area (Å²) >= 11 is 0. The molecule has 2 rings (SSSR count). The second kappa shape index (κ2) is 8.03. The largest absolute Gasteiger partial charge is 1.00 e. The maximum atomic E-state index is 13.9. The summed E-state index contributed by atoms with van der Waals surface area (Å²) in [6.07, 6.45) is -2.71. The summed E-state index contributed by atoms with van der Waals surface area (Å²) < 4.78 is 39.5. The van der Waals surface area contributed by atoms with Crippen molar-refractivity contribution < 1.29 is 69.5 Å². The van der Waals surface area contributed by atoms with Gasteiger partial charge in [-0.1, -0.05) is 12.1 Å². The quantitative estimate of drug-likeness (QED) is 0.714. The van der Waals surface area contributed by atoms with E-state index in [-0.39, 0.29) is 51.4 Å². The zero-order chi connectivity index (χ0) is 17.5. The summed E-state index contributed by atoms with van der Waals surface area (Å²) in [5.74, 6) is 0. The molecule has 0 spiro atoms. The standard InChI is InChI=1S/C17H27BF2NO2.K/c1-7-21(8-2)14-11-9-13(10-12-14)18(15(19)20)22-16(3,4)17(5,6)23-18;/h9-12,15H,7-8H2,1-6H3;/q-1;+1. The fourth-order valence-corrected chi connectivity index (χ4v) is 3.11. The average molecular weight is 365 g/mol. The van der Waals surface area contributed by atoms with Crippen LogP contribution < -0.4 is 61.7 Å². The first-order chi connectivity index (χ1) is 10.6. The molecule has 0 aliphatic carbocycles. The Labute approximate surface area is 186 Å². The molecular weight excluding hydrogens is 338 g/mol. The number of nitrogens with zero attached hydrogens (tertiary/aromatic N) is 1. The molecule has 1 heterocycles. The summed E-state index contributed by atoms with van der Waals surface area (Å²) in [5.41, 5.74) is -0.160. The van der Waals surface area contributed by atoms with Crippen LogP contribution in [-0.4, -0.2) is 37.2 Å². The minimum absolute atomic E-state index is 0. The monoisotopic (exact) mass is 365 g/mol. The zero-order valence-electron chi connectivity index (χ0n) is 15.9. The molecule has 24 heavy (non-hydrogen) atoms. The van der Waals surface area contributed by atoms with E-state index in [1.165, 1.54) is 0 Å². The van der Waals surface area contributed by atoms with Crippen LogP contribution in [0.15, 0.2) is 24.3 Å². The van der Waals surface area contributed by atoms with E-state index < -0.39 is 24.1 Å². The third-order valence-electron chi connectivity index (χ3n) is 5.21. The Morgan fingerprint density at radius 3 is 1.71 bits per heavy atom. The molecule has 0 saturated carbocycles. The molecule has 0 bridgehead atoms. The summed E-state index contributed by atoms with van der Waals surface area (Å²) in [7, 11) is 0. The van der Waals surface area contributed by atoms with E-state index in [4.69, 9.17) is 9.31 Å². The van der Waals surface area contributed by atoms with Crippen LogP contribution >= 0.6 is 0 Å². The van der Waals surface area contributed by atoms with Crippen LogP contribution in [0.2, 0.25) is 0 Å². The molecule has 1 aliphatic heterocycles. The number of rotatable bonds is 5. The molecule has 0 atom stereocenters. The smallest absolute Gasteiger partial charge is 0.555 e. The van der Waals surface area contributed by atoms with Gasteiger partial charge in [0, 0.05) is 30.0 Å². The first kappa shape index (κ1) is 22.5. The minimum atomic E-state index is -2.81. The fraction of sp³-hybridized carbons (Fsp3) is 0.647. The molecule has 3 nitrogen and oxygen atoms in total. The van der Waals surface area contributed by atoms with Gasteiger partial charge in [0.1, 0.15) is 0 Å². The van der Waals surface area contributed by atoms with E-state index in [9.17, 15) is 8.78 Å². The van der Waals surface area contributed by atoms with Gasteiger partial charge in [-0.05, 0) is 53.7 Å². The van der Waals surface area contributed by atoms with Crippen molar-refractivity contribution in [3.8, 4) is 0 Å². The molecule has 0 unspecified atom stereocenters. The first-order valence-electron chi connectivity index (χ1n) is 8.28. The maximum absolute atomic E-state index is 13.9. The maximum Gasteiger partial charge on any atom is 1.00 e. The molecular formula is C17H27BF2KNO2. The van der Waals surface area contributed by atoms with Crippen LogP contribution in [0.3, 0.4) is 0 Å². The summed E-state index contributed by atoms with van der Waals surface area (Å²) in [6.45, 7) is 10.2. The Morgan fingerprint density at radius 1 is 0.958 bits per heavy atom. The van der Waals surface area contributed by atoms with Gasteiger partial charge in [0.05, 0.1) is 0 Å². The Balaban J connectivity index is 0.00000288. The molecule has 1 saturated heterocycles. The molecule has 0 aromatic heterocycles. The molecule has 130 valence electrons. The van der Waals surface area contributed by atoms with Gasteiger partial charge in [-0.3, -0.25) is 0 Å². The van der Waals surface area contributed by atoms with Crippen LogP contribution in [0.4, 0.5) is 14.5 Å². The molecule has 1 aromatic carbocycles. The number of hydrogen-bond acceptors (Lipinski definition) is 3. The van der Waals surface area contributed by atoms with E-state index in [1.807, 2.05) is 12.1 Å². The van der Waals surface area contributed by atoms with Crippen LogP contribution in [0, 0.1) is 0 Å². The average Bonchev–Trinajstić information content (AvgIpc) is 2.67. The van der Waals surface area contributed by atoms with E-state index in [0.29, 0.717) is 5.46 Å². The van der Waals surface area contributed by atoms with Crippen LogP contribution in [0.5, 0.6) is 0 Å². The van der Waals surface area contributed by atoms with Crippen molar-refractivity contribution >= 4 is 17.7 Å². The van der Waals surface area contributed by atoms with Crippen molar-refractivity contribution in [2.75, 3.05) is 18.0 Å². The van der Waals surface area contributed by atoms with Crippen molar-refractivity contribution in [2.45, 2.75) is 59.1 Å². The topological polar surface area (TPSA) is 21.7 Å². The van der Waals surface area contributed by atoms with Crippen LogP contribution in [-0.2, 0) is 9.31 Å². The van der Waals surface area contributed by atoms with Gasteiger partial charge in [-0.15, -0.1) is 5.46 Å². The number of alkyl halides is 2. The van der Waals surface area contributed by atoms with Crippen LogP contribution in [0.1, 0.15) is 41.5 Å². The van der Waals surface area contributed by atoms with E-state index in [2.05, 4.69) is 18.7 Å². The molecule has 7 heteroatoms. The van der Waals surface area contributed by atoms with Crippen molar-refractivity contribution in [3.63, 3.8) is 0 Å². The van der Waals surface area contributed by atoms with Gasteiger partial charge in [-0.2, -0.15) is 0 Å². The molecule has 0 radical (unpaired) electrons. The molecule has 1 aliphatic rings. The minimum Gasteiger partial charge on any atom is -0.555 e. The normalized spacial score (nSPS) is 20.7. The number of halogens is 2. The SMILES string of the molecule is CCN(CC)c1ccc([B-]2(C(F)F)OC(C)(C)C(C)(C)O2)cc1.[K+]. The fourth-order valence-electron chi connectivity index (χ4n) is 3.11. The number of benzene rings is 1. The van der Waals surface area contributed by atoms with Gasteiger partial charge in [0.25, 0.3) is 0 Å². The molecule has 1 aromatic rings. The Morgan fingerprint density at radius 2 is 1.38 bits per heavy atom. The second-order valence-corrected chi connectivity index (χ2v) is 7.13. The number of hydrogen-bond donors (Lipinski definition) is 0. The second-order valence-electron chi connectivity index (χ2n) is 7.13. The molecule has 0 amide bonds. The van der Waals surface area contributed by atoms with Crippen molar-refractivity contribution in [1.29, 1.82) is 0 Å². The zero-order valence-corrected chi connectivity index (χ0v) is 19.0. The van der Waals surface area contributed by atoms with E-state index in [0.717, 1.165) is 18.8 Å². The number of anilines is 1. The summed E-state index contributed by atoms with van der Waals surface area (Å²) in [4.78, 5) is 2.16. The van der Waals surface area contributed by atoms with E-state index >= 15 is 0 Å². The third kappa shape index (κ3) is 3.92. The first-order valence-corrected chi connectivity index (χ1v) is 8.28. The van der Waals surface area contributed by atoms with Crippen LogP contribution in [0.25, 0.3) is 0 Å². The van der Waals surface area contributed by atoms with Gasteiger partial charge >= 0.3 is 57.9 Å². The summed E-state index contributed by atoms with van der Waals surface area (Å²) in [5, 5.41) is 0. The van der Waals surface area contributed by atoms with E-state index in [1.54, 1.807) is 39.8 Å².